The highest BCUT2D eigenvalue weighted by Crippen LogP contribution is 2.32. The molecule has 0 heterocycles. The van der Waals surface area contributed by atoms with Crippen molar-refractivity contribution in [2.75, 3.05) is 39.9 Å². The summed E-state index contributed by atoms with van der Waals surface area (Å²) in [4.78, 5) is 0. The van der Waals surface area contributed by atoms with E-state index in [0.29, 0.717) is 11.8 Å². The topological polar surface area (TPSA) is 36.9 Å². The molecule has 2 atom stereocenters. The third-order valence-electron chi connectivity index (χ3n) is 5.77. The smallest absolute Gasteiger partial charge is 0.372 e. The Bertz CT molecular complexity index is 694. The zero-order chi connectivity index (χ0) is 23.5. The van der Waals surface area contributed by atoms with Gasteiger partial charge < -0.3 is 17.7 Å². The summed E-state index contributed by atoms with van der Waals surface area (Å²) in [5, 5.41) is 2.40. The lowest BCUT2D eigenvalue weighted by molar-refractivity contribution is 0.252. The molecule has 0 N–H and O–H groups in total. The van der Waals surface area contributed by atoms with Crippen molar-refractivity contribution in [2.24, 2.45) is 11.8 Å². The third-order valence-corrected chi connectivity index (χ3v) is 16.2. The van der Waals surface area contributed by atoms with Crippen LogP contribution < -0.4 is 10.4 Å². The van der Waals surface area contributed by atoms with Gasteiger partial charge in [0, 0.05) is 39.9 Å². The summed E-state index contributed by atoms with van der Waals surface area (Å²) < 4.78 is 23.9. The van der Waals surface area contributed by atoms with Crippen LogP contribution in [-0.4, -0.2) is 57.1 Å². The van der Waals surface area contributed by atoms with Crippen LogP contribution in [0.2, 0.25) is 12.1 Å². The minimum absolute atomic E-state index is 0.505. The average molecular weight is 511 g/mol. The van der Waals surface area contributed by atoms with E-state index in [2.05, 4.69) is 62.4 Å². The van der Waals surface area contributed by atoms with Crippen LogP contribution in [0.3, 0.4) is 0 Å². The highest BCUT2D eigenvalue weighted by molar-refractivity contribution is 8.76. The summed E-state index contributed by atoms with van der Waals surface area (Å²) in [5.41, 5.74) is 0. The standard InChI is InChI=1S/C24H38O4S2Si2/c1-21(19-31(25-3,26-4)23-13-9-7-10-14-23)17-29-30-18-22(2)20-32(27-5,28-6)24-15-11-8-12-16-24/h7-16,21-22H,17-20H2,1-6H3. The molecule has 0 radical (unpaired) electrons. The molecule has 0 aromatic heterocycles. The van der Waals surface area contributed by atoms with E-state index in [0.717, 1.165) is 23.6 Å². The van der Waals surface area contributed by atoms with Gasteiger partial charge >= 0.3 is 17.1 Å². The molecule has 4 nitrogen and oxygen atoms in total. The highest BCUT2D eigenvalue weighted by atomic mass is 33.1. The van der Waals surface area contributed by atoms with Gasteiger partial charge in [0.05, 0.1) is 0 Å². The second-order valence-corrected chi connectivity index (χ2v) is 17.4. The molecule has 0 amide bonds. The Balaban J connectivity index is 1.84. The summed E-state index contributed by atoms with van der Waals surface area (Å²) in [5.74, 6) is 3.15. The molecular weight excluding hydrogens is 473 g/mol. The molecule has 0 saturated heterocycles. The molecule has 2 aromatic carbocycles. The molecule has 0 aliphatic carbocycles. The van der Waals surface area contributed by atoms with Crippen molar-refractivity contribution in [1.82, 2.24) is 0 Å². The Hall–Kier alpha value is -0.586. The second-order valence-electron chi connectivity index (χ2n) is 8.24. The summed E-state index contributed by atoms with van der Waals surface area (Å²) in [6.07, 6.45) is 0. The van der Waals surface area contributed by atoms with Gasteiger partial charge in [0.2, 0.25) is 0 Å². The van der Waals surface area contributed by atoms with Crippen molar-refractivity contribution in [1.29, 1.82) is 0 Å². The summed E-state index contributed by atoms with van der Waals surface area (Å²) in [6, 6.07) is 22.7. The predicted molar refractivity (Wildman–Crippen MR) is 145 cm³/mol. The molecule has 0 bridgehead atoms. The lowest BCUT2D eigenvalue weighted by Crippen LogP contribution is -2.53. The van der Waals surface area contributed by atoms with Gasteiger partial charge in [-0.25, -0.2) is 0 Å². The van der Waals surface area contributed by atoms with E-state index < -0.39 is 17.1 Å². The number of hydrogen-bond donors (Lipinski definition) is 0. The number of rotatable bonds is 15. The van der Waals surface area contributed by atoms with Gasteiger partial charge in [-0.15, -0.1) is 0 Å². The van der Waals surface area contributed by atoms with Crippen LogP contribution in [0.4, 0.5) is 0 Å². The van der Waals surface area contributed by atoms with Crippen molar-refractivity contribution in [3.63, 3.8) is 0 Å². The Morgan fingerprint density at radius 2 is 0.906 bits per heavy atom. The minimum Gasteiger partial charge on any atom is -0.394 e. The van der Waals surface area contributed by atoms with Crippen LogP contribution in [0.15, 0.2) is 60.7 Å². The molecule has 178 valence electrons. The molecule has 2 aromatic rings. The summed E-state index contributed by atoms with van der Waals surface area (Å²) >= 11 is 0. The Morgan fingerprint density at radius 3 is 1.19 bits per heavy atom. The molecule has 8 heteroatoms. The SMILES string of the molecule is CO[Si](CC(C)CSSCC(C)C[Si](OC)(OC)c1ccccc1)(OC)c1ccccc1. The van der Waals surface area contributed by atoms with Gasteiger partial charge in [-0.1, -0.05) is 96.1 Å². The van der Waals surface area contributed by atoms with E-state index in [1.54, 1.807) is 28.4 Å². The van der Waals surface area contributed by atoms with Gasteiger partial charge in [0.1, 0.15) is 0 Å². The maximum Gasteiger partial charge on any atom is 0.372 e. The number of benzene rings is 2. The van der Waals surface area contributed by atoms with E-state index in [1.165, 1.54) is 10.4 Å². The Kier molecular flexibility index (Phi) is 12.1. The fraction of sp³-hybridized carbons (Fsp3) is 0.500. The van der Waals surface area contributed by atoms with Gasteiger partial charge in [-0.3, -0.25) is 0 Å². The van der Waals surface area contributed by atoms with Crippen LogP contribution in [0.5, 0.6) is 0 Å². The van der Waals surface area contributed by atoms with Gasteiger partial charge in [0.25, 0.3) is 0 Å². The van der Waals surface area contributed by atoms with Gasteiger partial charge in [-0.2, -0.15) is 0 Å². The van der Waals surface area contributed by atoms with Crippen LogP contribution in [0, 0.1) is 11.8 Å². The maximum atomic E-state index is 5.99. The fourth-order valence-electron chi connectivity index (χ4n) is 3.96. The highest BCUT2D eigenvalue weighted by Gasteiger charge is 2.40. The second kappa shape index (κ2) is 14.0. The molecule has 0 spiro atoms. The van der Waals surface area contributed by atoms with Crippen molar-refractivity contribution < 1.29 is 17.7 Å². The summed E-state index contributed by atoms with van der Waals surface area (Å²) in [6.45, 7) is 4.59. The Labute approximate surface area is 204 Å². The number of hydrogen-bond acceptors (Lipinski definition) is 6. The zero-order valence-corrected chi connectivity index (χ0v) is 23.8. The molecule has 0 aliphatic rings. The van der Waals surface area contributed by atoms with Crippen molar-refractivity contribution >= 4 is 49.1 Å². The molecule has 0 fully saturated rings. The molecule has 0 aliphatic heterocycles. The molecule has 2 unspecified atom stereocenters. The van der Waals surface area contributed by atoms with Gasteiger partial charge in [-0.05, 0) is 34.3 Å². The lowest BCUT2D eigenvalue weighted by atomic mass is 10.3. The first kappa shape index (κ1) is 27.7. The van der Waals surface area contributed by atoms with Crippen molar-refractivity contribution in [3.8, 4) is 0 Å². The fourth-order valence-corrected chi connectivity index (χ4v) is 13.2. The zero-order valence-electron chi connectivity index (χ0n) is 20.2. The molecule has 2 rings (SSSR count). The average Bonchev–Trinajstić information content (AvgIpc) is 2.85. The molecule has 0 saturated carbocycles. The van der Waals surface area contributed by atoms with Gasteiger partial charge in [0.15, 0.2) is 0 Å². The van der Waals surface area contributed by atoms with Crippen LogP contribution >= 0.6 is 21.6 Å². The minimum atomic E-state index is -2.39. The van der Waals surface area contributed by atoms with E-state index >= 15 is 0 Å². The van der Waals surface area contributed by atoms with Crippen molar-refractivity contribution in [2.45, 2.75) is 25.9 Å². The van der Waals surface area contributed by atoms with E-state index in [9.17, 15) is 0 Å². The van der Waals surface area contributed by atoms with E-state index in [-0.39, 0.29) is 0 Å². The monoisotopic (exact) mass is 510 g/mol. The normalized spacial score (nSPS) is 14.3. The van der Waals surface area contributed by atoms with Crippen LogP contribution in [0.1, 0.15) is 13.8 Å². The first-order valence-electron chi connectivity index (χ1n) is 11.0. The predicted octanol–water partition coefficient (Wildman–Crippen LogP) is 4.92. The van der Waals surface area contributed by atoms with Crippen LogP contribution in [-0.2, 0) is 17.7 Å². The first-order chi connectivity index (χ1) is 15.4. The molecule has 32 heavy (non-hydrogen) atoms. The Morgan fingerprint density at radius 1 is 0.594 bits per heavy atom. The molecular formula is C24H38O4S2Si2. The van der Waals surface area contributed by atoms with Crippen LogP contribution in [0.25, 0.3) is 0 Å². The van der Waals surface area contributed by atoms with Crippen molar-refractivity contribution in [3.05, 3.63) is 60.7 Å². The quantitative estimate of drug-likeness (QED) is 0.192. The largest absolute Gasteiger partial charge is 0.394 e. The first-order valence-corrected chi connectivity index (χ1v) is 17.5. The maximum absolute atomic E-state index is 5.99. The van der Waals surface area contributed by atoms with E-state index in [1.807, 2.05) is 33.7 Å². The van der Waals surface area contributed by atoms with E-state index in [4.69, 9.17) is 17.7 Å². The summed E-state index contributed by atoms with van der Waals surface area (Å²) in [7, 11) is 6.24. The third kappa shape index (κ3) is 7.46. The lowest BCUT2D eigenvalue weighted by Gasteiger charge is -2.30.